The van der Waals surface area contributed by atoms with Gasteiger partial charge in [-0.25, -0.2) is 0 Å². The van der Waals surface area contributed by atoms with Gasteiger partial charge in [-0.15, -0.1) is 0 Å². The average molecular weight is 332 g/mol. The number of rotatable bonds is 6. The number of hydrogen-bond donors (Lipinski definition) is 1. The van der Waals surface area contributed by atoms with E-state index in [0.717, 1.165) is 29.5 Å². The molecule has 3 aromatic rings. The van der Waals surface area contributed by atoms with Gasteiger partial charge in [0, 0.05) is 17.6 Å². The number of hydrogen-bond acceptors (Lipinski definition) is 2. The molecular weight excluding hydrogens is 308 g/mol. The van der Waals surface area contributed by atoms with Gasteiger partial charge >= 0.3 is 0 Å². The normalized spacial score (nSPS) is 12.3. The minimum atomic E-state index is -0.204. The van der Waals surface area contributed by atoms with Crippen LogP contribution in [0.1, 0.15) is 19.4 Å². The van der Waals surface area contributed by atoms with Crippen LogP contribution in [0.25, 0.3) is 10.8 Å². The van der Waals surface area contributed by atoms with Gasteiger partial charge in [0.1, 0.15) is 0 Å². The first-order chi connectivity index (χ1) is 12.2. The number of nitrogens with zero attached hydrogens (tertiary/aromatic N) is 1. The molecule has 3 rings (SSSR count). The second-order valence-electron chi connectivity index (χ2n) is 6.24. The number of benzene rings is 3. The van der Waals surface area contributed by atoms with Crippen molar-refractivity contribution in [2.24, 2.45) is 0 Å². The van der Waals surface area contributed by atoms with Crippen LogP contribution in [-0.2, 0) is 11.3 Å². The lowest BCUT2D eigenvalue weighted by atomic mass is 10.1. The monoisotopic (exact) mass is 332 g/mol. The Hall–Kier alpha value is -2.65. The van der Waals surface area contributed by atoms with Crippen LogP contribution in [0.5, 0.6) is 0 Å². The number of carbonyl (C=O) groups excluding carboxylic acids is 1. The van der Waals surface area contributed by atoms with Crippen LogP contribution in [-0.4, -0.2) is 23.4 Å². The van der Waals surface area contributed by atoms with E-state index in [0.29, 0.717) is 0 Å². The molecule has 1 amide bonds. The molecular formula is C22H24N2O. The molecule has 0 bridgehead atoms. The fourth-order valence-corrected chi connectivity index (χ4v) is 3.08. The van der Waals surface area contributed by atoms with Crippen molar-refractivity contribution in [3.63, 3.8) is 0 Å². The summed E-state index contributed by atoms with van der Waals surface area (Å²) < 4.78 is 0. The molecule has 0 saturated heterocycles. The van der Waals surface area contributed by atoms with Crippen LogP contribution in [0.2, 0.25) is 0 Å². The highest BCUT2D eigenvalue weighted by atomic mass is 16.2. The molecule has 0 aliphatic carbocycles. The molecule has 25 heavy (non-hydrogen) atoms. The van der Waals surface area contributed by atoms with E-state index in [-0.39, 0.29) is 11.9 Å². The molecule has 0 aliphatic heterocycles. The molecule has 0 saturated carbocycles. The highest BCUT2D eigenvalue weighted by Gasteiger charge is 2.20. The van der Waals surface area contributed by atoms with Crippen LogP contribution in [0.4, 0.5) is 5.69 Å². The molecule has 0 heterocycles. The van der Waals surface area contributed by atoms with Gasteiger partial charge in [-0.1, -0.05) is 73.7 Å². The van der Waals surface area contributed by atoms with E-state index in [9.17, 15) is 4.79 Å². The van der Waals surface area contributed by atoms with E-state index in [4.69, 9.17) is 0 Å². The molecule has 0 fully saturated rings. The lowest BCUT2D eigenvalue weighted by Gasteiger charge is -2.27. The summed E-state index contributed by atoms with van der Waals surface area (Å²) in [4.78, 5) is 15.0. The van der Waals surface area contributed by atoms with E-state index in [2.05, 4.69) is 41.4 Å². The predicted molar refractivity (Wildman–Crippen MR) is 105 cm³/mol. The summed E-state index contributed by atoms with van der Waals surface area (Å²) in [6.45, 7) is 5.64. The molecule has 3 aromatic carbocycles. The predicted octanol–water partition coefficient (Wildman–Crippen LogP) is 4.69. The van der Waals surface area contributed by atoms with Gasteiger partial charge in [-0.05, 0) is 30.5 Å². The van der Waals surface area contributed by atoms with Crippen LogP contribution in [0, 0.1) is 0 Å². The van der Waals surface area contributed by atoms with E-state index in [1.54, 1.807) is 0 Å². The number of likely N-dealkylation sites (N-methyl/N-ethyl adjacent to an activating group) is 1. The van der Waals surface area contributed by atoms with Crippen LogP contribution in [0.3, 0.4) is 0 Å². The Kier molecular flexibility index (Phi) is 5.46. The molecule has 1 unspecified atom stereocenters. The molecule has 3 nitrogen and oxygen atoms in total. The maximum absolute atomic E-state index is 12.8. The second-order valence-corrected chi connectivity index (χ2v) is 6.24. The van der Waals surface area contributed by atoms with Gasteiger partial charge in [0.25, 0.3) is 0 Å². The van der Waals surface area contributed by atoms with Gasteiger partial charge in [-0.3, -0.25) is 9.69 Å². The molecule has 0 radical (unpaired) electrons. The highest BCUT2D eigenvalue weighted by Crippen LogP contribution is 2.23. The van der Waals surface area contributed by atoms with Crippen LogP contribution in [0.15, 0.2) is 72.8 Å². The zero-order valence-electron chi connectivity index (χ0n) is 14.8. The largest absolute Gasteiger partial charge is 0.324 e. The quantitative estimate of drug-likeness (QED) is 0.710. The third-order valence-electron chi connectivity index (χ3n) is 4.61. The van der Waals surface area contributed by atoms with Crippen LogP contribution < -0.4 is 5.32 Å². The third-order valence-corrected chi connectivity index (χ3v) is 4.61. The van der Waals surface area contributed by atoms with E-state index in [1.807, 2.05) is 55.5 Å². The van der Waals surface area contributed by atoms with Crippen LogP contribution >= 0.6 is 0 Å². The highest BCUT2D eigenvalue weighted by molar-refractivity contribution is 6.03. The lowest BCUT2D eigenvalue weighted by Crippen LogP contribution is -2.41. The summed E-state index contributed by atoms with van der Waals surface area (Å²) in [6.07, 6.45) is 0. The molecule has 1 atom stereocenters. The van der Waals surface area contributed by atoms with E-state index >= 15 is 0 Å². The van der Waals surface area contributed by atoms with Gasteiger partial charge in [0.2, 0.25) is 5.91 Å². The minimum absolute atomic E-state index is 0.0223. The van der Waals surface area contributed by atoms with Crippen molar-refractivity contribution in [3.05, 3.63) is 78.4 Å². The summed E-state index contributed by atoms with van der Waals surface area (Å²) in [6, 6.07) is 24.2. The number of nitrogens with one attached hydrogen (secondary N) is 1. The Morgan fingerprint density at radius 3 is 2.40 bits per heavy atom. The van der Waals surface area contributed by atoms with Gasteiger partial charge < -0.3 is 5.32 Å². The first-order valence-electron chi connectivity index (χ1n) is 8.75. The van der Waals surface area contributed by atoms with E-state index < -0.39 is 0 Å². The fourth-order valence-electron chi connectivity index (χ4n) is 3.08. The number of anilines is 1. The fraction of sp³-hybridized carbons (Fsp3) is 0.227. The van der Waals surface area contributed by atoms with Crippen molar-refractivity contribution >= 4 is 22.4 Å². The smallest absolute Gasteiger partial charge is 0.241 e. The Morgan fingerprint density at radius 2 is 1.64 bits per heavy atom. The maximum atomic E-state index is 12.8. The Morgan fingerprint density at radius 1 is 0.960 bits per heavy atom. The second kappa shape index (κ2) is 7.95. The van der Waals surface area contributed by atoms with Gasteiger partial charge in [0.15, 0.2) is 0 Å². The molecule has 0 spiro atoms. The first-order valence-corrected chi connectivity index (χ1v) is 8.75. The molecule has 0 aliphatic rings. The minimum Gasteiger partial charge on any atom is -0.324 e. The van der Waals surface area contributed by atoms with Crippen molar-refractivity contribution in [3.8, 4) is 0 Å². The zero-order chi connectivity index (χ0) is 17.6. The molecule has 0 aromatic heterocycles. The summed E-state index contributed by atoms with van der Waals surface area (Å²) in [5, 5.41) is 5.30. The van der Waals surface area contributed by atoms with E-state index in [1.165, 1.54) is 5.56 Å². The Labute approximate surface area is 149 Å². The van der Waals surface area contributed by atoms with Gasteiger partial charge in [-0.2, -0.15) is 0 Å². The number of fused-ring (bicyclic) bond motifs is 1. The summed E-state index contributed by atoms with van der Waals surface area (Å²) >= 11 is 0. The maximum Gasteiger partial charge on any atom is 0.241 e. The van der Waals surface area contributed by atoms with Gasteiger partial charge in [0.05, 0.1) is 6.04 Å². The molecule has 128 valence electrons. The lowest BCUT2D eigenvalue weighted by molar-refractivity contribution is -0.120. The number of amides is 1. The Balaban J connectivity index is 1.74. The van der Waals surface area contributed by atoms with Crippen molar-refractivity contribution < 1.29 is 4.79 Å². The third kappa shape index (κ3) is 4.06. The summed E-state index contributed by atoms with van der Waals surface area (Å²) in [7, 11) is 0. The SMILES string of the molecule is CCN(Cc1ccccc1)C(C)C(=O)Nc1cccc2ccccc12. The summed E-state index contributed by atoms with van der Waals surface area (Å²) in [5.41, 5.74) is 2.08. The topological polar surface area (TPSA) is 32.3 Å². The molecule has 3 heteroatoms. The summed E-state index contributed by atoms with van der Waals surface area (Å²) in [5.74, 6) is 0.0223. The van der Waals surface area contributed by atoms with Crippen molar-refractivity contribution in [1.82, 2.24) is 4.90 Å². The van der Waals surface area contributed by atoms with Crippen molar-refractivity contribution in [1.29, 1.82) is 0 Å². The average Bonchev–Trinajstić information content (AvgIpc) is 2.66. The van der Waals surface area contributed by atoms with Crippen molar-refractivity contribution in [2.75, 3.05) is 11.9 Å². The molecule has 1 N–H and O–H groups in total. The Bertz CT molecular complexity index is 840. The standard InChI is InChI=1S/C22H24N2O/c1-3-24(16-18-10-5-4-6-11-18)17(2)22(25)23-21-15-9-13-19-12-7-8-14-20(19)21/h4-15,17H,3,16H2,1-2H3,(H,23,25). The zero-order valence-corrected chi connectivity index (χ0v) is 14.8. The first kappa shape index (κ1) is 17.2. The number of carbonyl (C=O) groups is 1. The van der Waals surface area contributed by atoms with Crippen molar-refractivity contribution in [2.45, 2.75) is 26.4 Å².